The first-order valence-corrected chi connectivity index (χ1v) is 14.6. The molecular weight excluding hydrogens is 527 g/mol. The van der Waals surface area contributed by atoms with Crippen molar-refractivity contribution in [1.82, 2.24) is 9.80 Å². The summed E-state index contributed by atoms with van der Waals surface area (Å²) < 4.78 is 5.92. The number of rotatable bonds is 14. The number of unbranched alkanes of at least 4 members (excludes halogenated alkanes) is 2. The number of ether oxygens (including phenoxy) is 1. The summed E-state index contributed by atoms with van der Waals surface area (Å²) in [7, 11) is 0. The van der Waals surface area contributed by atoms with Crippen molar-refractivity contribution < 1.29 is 19.1 Å². The van der Waals surface area contributed by atoms with E-state index in [1.54, 1.807) is 40.5 Å². The zero-order valence-electron chi connectivity index (χ0n) is 21.2. The van der Waals surface area contributed by atoms with Gasteiger partial charge in [-0.05, 0) is 67.7 Å². The fraction of sp³-hybridized carbons (Fsp3) is 0.407. The summed E-state index contributed by atoms with van der Waals surface area (Å²) in [5, 5.41) is 4.84. The molecule has 1 aliphatic heterocycles. The molecule has 198 valence electrons. The highest BCUT2D eigenvalue weighted by atomic mass is 32.2. The van der Waals surface area contributed by atoms with E-state index in [9.17, 15) is 14.4 Å². The van der Waals surface area contributed by atoms with Crippen LogP contribution < -0.4 is 5.32 Å². The number of carbonyl (C=O) groups is 3. The molecule has 1 aliphatic rings. The quantitative estimate of drug-likeness (QED) is 0.139. The van der Waals surface area contributed by atoms with Crippen LogP contribution in [0.4, 0.5) is 5.69 Å². The molecule has 0 unspecified atom stereocenters. The van der Waals surface area contributed by atoms with Gasteiger partial charge in [0.15, 0.2) is 0 Å². The number of hydrogen-bond donors (Lipinski definition) is 1. The number of nitrogens with one attached hydrogen (secondary N) is 1. The number of thiocarbonyl (C=S) groups is 1. The summed E-state index contributed by atoms with van der Waals surface area (Å²) in [6.45, 7) is 7.60. The third kappa shape index (κ3) is 9.07. The zero-order valence-corrected chi connectivity index (χ0v) is 23.7. The van der Waals surface area contributed by atoms with Crippen molar-refractivity contribution >= 4 is 69.2 Å². The molecule has 0 atom stereocenters. The molecule has 1 fully saturated rings. The Labute approximate surface area is 232 Å². The monoisotopic (exact) mass is 559 g/mol. The molecule has 7 nitrogen and oxygen atoms in total. The molecule has 0 spiro atoms. The van der Waals surface area contributed by atoms with Crippen LogP contribution in [0, 0.1) is 0 Å². The van der Waals surface area contributed by atoms with Crippen LogP contribution in [0.2, 0.25) is 0 Å². The maximum absolute atomic E-state index is 12.6. The lowest BCUT2D eigenvalue weighted by molar-refractivity contribution is -0.122. The molecule has 1 saturated heterocycles. The van der Waals surface area contributed by atoms with E-state index in [0.29, 0.717) is 53.0 Å². The minimum atomic E-state index is -0.367. The number of amides is 2. The Morgan fingerprint density at radius 3 is 2.54 bits per heavy atom. The summed E-state index contributed by atoms with van der Waals surface area (Å²) >= 11 is 8.31. The van der Waals surface area contributed by atoms with Gasteiger partial charge in [-0.15, -0.1) is 11.3 Å². The van der Waals surface area contributed by atoms with E-state index in [1.807, 2.05) is 23.6 Å². The van der Waals surface area contributed by atoms with Gasteiger partial charge in [0, 0.05) is 30.1 Å². The minimum Gasteiger partial charge on any atom is -0.461 e. The predicted molar refractivity (Wildman–Crippen MR) is 156 cm³/mol. The Hall–Kier alpha value is -2.53. The Morgan fingerprint density at radius 2 is 1.86 bits per heavy atom. The van der Waals surface area contributed by atoms with Gasteiger partial charge in [0.2, 0.25) is 5.91 Å². The molecule has 2 aromatic rings. The highest BCUT2D eigenvalue weighted by Crippen LogP contribution is 2.33. The smallest absolute Gasteiger partial charge is 0.338 e. The number of anilines is 1. The third-order valence-corrected chi connectivity index (χ3v) is 8.11. The number of benzene rings is 1. The average Bonchev–Trinajstić information content (AvgIpc) is 3.50. The zero-order chi connectivity index (χ0) is 26.6. The van der Waals surface area contributed by atoms with Crippen LogP contribution in [0.25, 0.3) is 6.08 Å². The molecule has 0 radical (unpaired) electrons. The van der Waals surface area contributed by atoms with Crippen LogP contribution in [-0.2, 0) is 14.3 Å². The summed E-state index contributed by atoms with van der Waals surface area (Å²) in [4.78, 5) is 42.7. The van der Waals surface area contributed by atoms with Gasteiger partial charge in [0.25, 0.3) is 5.91 Å². The molecule has 0 bridgehead atoms. The summed E-state index contributed by atoms with van der Waals surface area (Å²) in [5.74, 6) is -0.495. The number of esters is 1. The molecular formula is C27H33N3O4S3. The van der Waals surface area contributed by atoms with Crippen molar-refractivity contribution in [2.24, 2.45) is 0 Å². The molecule has 1 N–H and O–H groups in total. The van der Waals surface area contributed by atoms with E-state index in [-0.39, 0.29) is 17.8 Å². The molecule has 0 saturated carbocycles. The molecule has 37 heavy (non-hydrogen) atoms. The standard InChI is InChI=1S/C27H33N3O4S3/c1-3-29(4-2)16-17-34-26(33)20-11-13-21(14-12-20)28-24(31)10-6-5-7-15-30-25(32)23(37-27(30)35)19-22-9-8-18-36-22/h8-9,11-14,18-19H,3-7,10,15-17H2,1-2H3,(H,28,31)/b23-19+. The Kier molecular flexibility index (Phi) is 11.8. The summed E-state index contributed by atoms with van der Waals surface area (Å²) in [5.41, 5.74) is 1.10. The topological polar surface area (TPSA) is 79.0 Å². The van der Waals surface area contributed by atoms with Crippen molar-refractivity contribution in [1.29, 1.82) is 0 Å². The number of carbonyl (C=O) groups excluding carboxylic acids is 3. The Bertz CT molecular complexity index is 1100. The third-order valence-electron chi connectivity index (χ3n) is 5.92. The first-order valence-electron chi connectivity index (χ1n) is 12.5. The SMILES string of the molecule is CCN(CC)CCOC(=O)c1ccc(NC(=O)CCCCCN2C(=O)/C(=C\c3cccs3)SC2=S)cc1. The number of likely N-dealkylation sites (N-methyl/N-ethyl adjacent to an activating group) is 1. The second-order valence-electron chi connectivity index (χ2n) is 8.45. The lowest BCUT2D eigenvalue weighted by Gasteiger charge is -2.17. The van der Waals surface area contributed by atoms with Crippen LogP contribution in [0.15, 0.2) is 46.7 Å². The van der Waals surface area contributed by atoms with E-state index < -0.39 is 0 Å². The lowest BCUT2D eigenvalue weighted by atomic mass is 10.1. The predicted octanol–water partition coefficient (Wildman–Crippen LogP) is 5.65. The Morgan fingerprint density at radius 1 is 1.11 bits per heavy atom. The lowest BCUT2D eigenvalue weighted by Crippen LogP contribution is -2.29. The van der Waals surface area contributed by atoms with Crippen LogP contribution in [0.3, 0.4) is 0 Å². The van der Waals surface area contributed by atoms with Gasteiger partial charge in [-0.3, -0.25) is 14.5 Å². The number of thiophene rings is 1. The van der Waals surface area contributed by atoms with Crippen LogP contribution >= 0.6 is 35.3 Å². The van der Waals surface area contributed by atoms with Gasteiger partial charge in [-0.1, -0.05) is 50.3 Å². The van der Waals surface area contributed by atoms with Crippen molar-refractivity contribution in [3.8, 4) is 0 Å². The van der Waals surface area contributed by atoms with Gasteiger partial charge in [-0.2, -0.15) is 0 Å². The van der Waals surface area contributed by atoms with Gasteiger partial charge in [0.1, 0.15) is 10.9 Å². The highest BCUT2D eigenvalue weighted by Gasteiger charge is 2.31. The Balaban J connectivity index is 1.33. The number of thioether (sulfide) groups is 1. The second-order valence-corrected chi connectivity index (χ2v) is 11.1. The fourth-order valence-electron chi connectivity index (χ4n) is 3.73. The molecule has 1 aromatic heterocycles. The van der Waals surface area contributed by atoms with Crippen LogP contribution in [-0.4, -0.2) is 64.7 Å². The van der Waals surface area contributed by atoms with E-state index in [1.165, 1.54) is 11.8 Å². The van der Waals surface area contributed by atoms with Crippen LogP contribution in [0.5, 0.6) is 0 Å². The normalized spacial score (nSPS) is 14.6. The van der Waals surface area contributed by atoms with Crippen molar-refractivity contribution in [3.05, 3.63) is 57.1 Å². The summed E-state index contributed by atoms with van der Waals surface area (Å²) in [6.07, 6.45) is 4.56. The second kappa shape index (κ2) is 15.0. The van der Waals surface area contributed by atoms with Gasteiger partial charge in [-0.25, -0.2) is 4.79 Å². The largest absolute Gasteiger partial charge is 0.461 e. The van der Waals surface area contributed by atoms with E-state index in [4.69, 9.17) is 17.0 Å². The van der Waals surface area contributed by atoms with Gasteiger partial charge in [0.05, 0.1) is 10.5 Å². The highest BCUT2D eigenvalue weighted by molar-refractivity contribution is 8.26. The molecule has 2 heterocycles. The van der Waals surface area contributed by atoms with Crippen molar-refractivity contribution in [2.45, 2.75) is 39.5 Å². The van der Waals surface area contributed by atoms with Crippen LogP contribution in [0.1, 0.15) is 54.8 Å². The average molecular weight is 560 g/mol. The first-order chi connectivity index (χ1) is 17.9. The maximum atomic E-state index is 12.6. The molecule has 0 aliphatic carbocycles. The molecule has 10 heteroatoms. The molecule has 1 aromatic carbocycles. The number of nitrogens with zero attached hydrogens (tertiary/aromatic N) is 2. The van der Waals surface area contributed by atoms with E-state index in [2.05, 4.69) is 24.1 Å². The summed E-state index contributed by atoms with van der Waals surface area (Å²) in [6, 6.07) is 10.7. The first kappa shape index (κ1) is 29.0. The fourth-order valence-corrected chi connectivity index (χ4v) is 5.76. The van der Waals surface area contributed by atoms with E-state index >= 15 is 0 Å². The van der Waals surface area contributed by atoms with Gasteiger partial charge >= 0.3 is 5.97 Å². The minimum absolute atomic E-state index is 0.0441. The maximum Gasteiger partial charge on any atom is 0.338 e. The van der Waals surface area contributed by atoms with Gasteiger partial charge < -0.3 is 15.0 Å². The van der Waals surface area contributed by atoms with E-state index in [0.717, 1.165) is 30.8 Å². The number of hydrogen-bond acceptors (Lipinski definition) is 8. The van der Waals surface area contributed by atoms with Crippen molar-refractivity contribution in [3.63, 3.8) is 0 Å². The van der Waals surface area contributed by atoms with Crippen molar-refractivity contribution in [2.75, 3.05) is 38.1 Å². The molecule has 3 rings (SSSR count). The molecule has 2 amide bonds.